The third-order valence-corrected chi connectivity index (χ3v) is 5.94. The summed E-state index contributed by atoms with van der Waals surface area (Å²) in [5.74, 6) is -1.01. The van der Waals surface area contributed by atoms with Gasteiger partial charge in [0.25, 0.3) is 0 Å². The summed E-state index contributed by atoms with van der Waals surface area (Å²) >= 11 is 0. The van der Waals surface area contributed by atoms with Crippen molar-refractivity contribution in [3.05, 3.63) is 29.8 Å². The number of rotatable bonds is 10. The van der Waals surface area contributed by atoms with Gasteiger partial charge in [-0.25, -0.2) is 4.79 Å². The number of amides is 2. The predicted molar refractivity (Wildman–Crippen MR) is 121 cm³/mol. The Labute approximate surface area is 194 Å². The van der Waals surface area contributed by atoms with Gasteiger partial charge < -0.3 is 14.8 Å². The first-order chi connectivity index (χ1) is 16.0. The third-order valence-electron chi connectivity index (χ3n) is 5.94. The summed E-state index contributed by atoms with van der Waals surface area (Å²) in [6, 6.07) is 6.48. The first-order valence-corrected chi connectivity index (χ1v) is 11.7. The van der Waals surface area contributed by atoms with Crippen LogP contribution in [0.15, 0.2) is 24.3 Å². The molecule has 1 N–H and O–H groups in total. The van der Waals surface area contributed by atoms with Crippen LogP contribution in [0.2, 0.25) is 0 Å². The van der Waals surface area contributed by atoms with Crippen molar-refractivity contribution < 1.29 is 28.7 Å². The molecular formula is C24H33N3O6. The van der Waals surface area contributed by atoms with E-state index in [4.69, 9.17) is 9.47 Å². The molecular weight excluding hydrogens is 426 g/mol. The van der Waals surface area contributed by atoms with E-state index in [2.05, 4.69) is 5.32 Å². The Morgan fingerprint density at radius 2 is 1.79 bits per heavy atom. The number of hydrogen-bond acceptors (Lipinski definition) is 8. The fraction of sp³-hybridized carbons (Fsp3) is 0.583. The molecule has 0 radical (unpaired) electrons. The molecule has 2 aliphatic heterocycles. The van der Waals surface area contributed by atoms with Crippen molar-refractivity contribution >= 4 is 23.6 Å². The van der Waals surface area contributed by atoms with Gasteiger partial charge in [0.05, 0.1) is 26.2 Å². The van der Waals surface area contributed by atoms with E-state index in [-0.39, 0.29) is 49.9 Å². The predicted octanol–water partition coefficient (Wildman–Crippen LogP) is 1.40. The number of hydrogen-bond donors (Lipinski definition) is 1. The average molecular weight is 460 g/mol. The summed E-state index contributed by atoms with van der Waals surface area (Å²) in [4.78, 5) is 52.6. The van der Waals surface area contributed by atoms with Crippen LogP contribution in [0, 0.1) is 0 Å². The van der Waals surface area contributed by atoms with Crippen LogP contribution in [0.25, 0.3) is 0 Å². The van der Waals surface area contributed by atoms with E-state index in [1.807, 2.05) is 11.8 Å². The van der Waals surface area contributed by atoms with Gasteiger partial charge in [-0.05, 0) is 63.0 Å². The Balaban J connectivity index is 1.48. The number of carbonyl (C=O) groups excluding carboxylic acids is 4. The second-order valence-electron chi connectivity index (χ2n) is 8.42. The standard InChI is InChI=1S/C24H33N3O6/c1-2-3-13-32-24(31)17-33-20-8-6-18(7-9-20)21(28)14-27-22(29)15-26(16-23(27)30)19-5-4-11-25-12-10-19/h6-9,19,25H,2-5,10-17H2,1H3. The van der Waals surface area contributed by atoms with Crippen molar-refractivity contribution in [1.82, 2.24) is 15.1 Å². The zero-order valence-electron chi connectivity index (χ0n) is 19.2. The van der Waals surface area contributed by atoms with E-state index in [0.717, 1.165) is 50.1 Å². The third kappa shape index (κ3) is 7.36. The SMILES string of the molecule is CCCCOC(=O)COc1ccc(C(=O)CN2C(=O)CN(C3CCCNCC3)CC2=O)cc1. The van der Waals surface area contributed by atoms with Crippen LogP contribution in [-0.4, -0.2) is 85.3 Å². The summed E-state index contributed by atoms with van der Waals surface area (Å²) in [6.07, 6.45) is 4.63. The molecule has 2 heterocycles. The van der Waals surface area contributed by atoms with Gasteiger partial charge in [-0.2, -0.15) is 0 Å². The quantitative estimate of drug-likeness (QED) is 0.242. The van der Waals surface area contributed by atoms with Gasteiger partial charge >= 0.3 is 5.97 Å². The molecule has 2 amide bonds. The van der Waals surface area contributed by atoms with E-state index in [0.29, 0.717) is 17.9 Å². The van der Waals surface area contributed by atoms with Gasteiger partial charge in [-0.15, -0.1) is 0 Å². The molecule has 2 fully saturated rings. The monoisotopic (exact) mass is 459 g/mol. The van der Waals surface area contributed by atoms with Crippen LogP contribution < -0.4 is 10.1 Å². The molecule has 2 saturated heterocycles. The van der Waals surface area contributed by atoms with Crippen molar-refractivity contribution in [2.75, 3.05) is 45.9 Å². The molecule has 33 heavy (non-hydrogen) atoms. The molecule has 9 nitrogen and oxygen atoms in total. The highest BCUT2D eigenvalue weighted by Crippen LogP contribution is 2.18. The van der Waals surface area contributed by atoms with Crippen LogP contribution in [0.5, 0.6) is 5.75 Å². The zero-order valence-corrected chi connectivity index (χ0v) is 19.2. The number of Topliss-reactive ketones (excluding diaryl/α,β-unsaturated/α-hetero) is 1. The molecule has 1 aromatic carbocycles. The fourth-order valence-electron chi connectivity index (χ4n) is 4.00. The van der Waals surface area contributed by atoms with Gasteiger partial charge in [-0.1, -0.05) is 13.3 Å². The van der Waals surface area contributed by atoms with Gasteiger partial charge in [0.2, 0.25) is 11.8 Å². The second kappa shape index (κ2) is 12.5. The average Bonchev–Trinajstić information content (AvgIpc) is 3.10. The maximum Gasteiger partial charge on any atom is 0.344 e. The molecule has 0 bridgehead atoms. The highest BCUT2D eigenvalue weighted by Gasteiger charge is 2.35. The number of nitrogens with one attached hydrogen (secondary N) is 1. The summed E-state index contributed by atoms with van der Waals surface area (Å²) in [5.41, 5.74) is 0.366. The maximum atomic E-state index is 12.7. The van der Waals surface area contributed by atoms with Gasteiger partial charge in [0, 0.05) is 11.6 Å². The fourth-order valence-corrected chi connectivity index (χ4v) is 4.00. The number of benzene rings is 1. The van der Waals surface area contributed by atoms with Crippen LogP contribution >= 0.6 is 0 Å². The normalized spacial score (nSPS) is 19.8. The summed E-state index contributed by atoms with van der Waals surface area (Å²) in [7, 11) is 0. The number of ether oxygens (including phenoxy) is 2. The van der Waals surface area contributed by atoms with Crippen molar-refractivity contribution in [1.29, 1.82) is 0 Å². The number of carbonyl (C=O) groups is 4. The molecule has 0 spiro atoms. The molecule has 1 unspecified atom stereocenters. The number of ketones is 1. The molecule has 180 valence electrons. The topological polar surface area (TPSA) is 105 Å². The number of nitrogens with zero attached hydrogens (tertiary/aromatic N) is 2. The molecule has 0 aliphatic carbocycles. The smallest absolute Gasteiger partial charge is 0.344 e. The van der Waals surface area contributed by atoms with Gasteiger partial charge in [-0.3, -0.25) is 24.2 Å². The lowest BCUT2D eigenvalue weighted by Gasteiger charge is -2.36. The van der Waals surface area contributed by atoms with E-state index < -0.39 is 5.97 Å². The lowest BCUT2D eigenvalue weighted by Crippen LogP contribution is -2.57. The number of esters is 1. The molecule has 0 saturated carbocycles. The minimum Gasteiger partial charge on any atom is -0.482 e. The largest absolute Gasteiger partial charge is 0.482 e. The maximum absolute atomic E-state index is 12.7. The highest BCUT2D eigenvalue weighted by molar-refractivity contribution is 6.06. The molecule has 1 atom stereocenters. The minimum atomic E-state index is -0.445. The Morgan fingerprint density at radius 3 is 2.48 bits per heavy atom. The second-order valence-corrected chi connectivity index (χ2v) is 8.42. The summed E-state index contributed by atoms with van der Waals surface area (Å²) in [5, 5.41) is 3.34. The van der Waals surface area contributed by atoms with Crippen molar-refractivity contribution in [2.24, 2.45) is 0 Å². The van der Waals surface area contributed by atoms with Crippen LogP contribution in [0.3, 0.4) is 0 Å². The number of unbranched alkanes of at least 4 members (excludes halogenated alkanes) is 1. The molecule has 2 aliphatic rings. The van der Waals surface area contributed by atoms with Crippen molar-refractivity contribution in [3.8, 4) is 5.75 Å². The van der Waals surface area contributed by atoms with E-state index >= 15 is 0 Å². The summed E-state index contributed by atoms with van der Waals surface area (Å²) < 4.78 is 10.4. The van der Waals surface area contributed by atoms with Crippen LogP contribution in [-0.2, 0) is 19.1 Å². The highest BCUT2D eigenvalue weighted by atomic mass is 16.6. The summed E-state index contributed by atoms with van der Waals surface area (Å²) in [6.45, 7) is 4.05. The molecule has 9 heteroatoms. The molecule has 3 rings (SSSR count). The lowest BCUT2D eigenvalue weighted by molar-refractivity contribution is -0.152. The van der Waals surface area contributed by atoms with Crippen molar-refractivity contribution in [3.63, 3.8) is 0 Å². The number of imide groups is 1. The van der Waals surface area contributed by atoms with Gasteiger partial charge in [0.1, 0.15) is 5.75 Å². The Hall–Kier alpha value is -2.78. The van der Waals surface area contributed by atoms with Crippen LogP contribution in [0.1, 0.15) is 49.4 Å². The Morgan fingerprint density at radius 1 is 1.06 bits per heavy atom. The molecule has 0 aromatic heterocycles. The minimum absolute atomic E-state index is 0.158. The number of piperazine rings is 1. The molecule has 1 aromatic rings. The zero-order chi connectivity index (χ0) is 23.6. The van der Waals surface area contributed by atoms with Crippen molar-refractivity contribution in [2.45, 2.75) is 45.1 Å². The van der Waals surface area contributed by atoms with Gasteiger partial charge in [0.15, 0.2) is 12.4 Å². The first kappa shape index (κ1) is 24.9. The van der Waals surface area contributed by atoms with E-state index in [9.17, 15) is 19.2 Å². The lowest BCUT2D eigenvalue weighted by atomic mass is 10.1. The van der Waals surface area contributed by atoms with E-state index in [1.165, 1.54) is 0 Å². The Bertz CT molecular complexity index is 815. The first-order valence-electron chi connectivity index (χ1n) is 11.7. The Kier molecular flexibility index (Phi) is 9.38. The van der Waals surface area contributed by atoms with Crippen LogP contribution in [0.4, 0.5) is 0 Å². The van der Waals surface area contributed by atoms with E-state index in [1.54, 1.807) is 24.3 Å².